The van der Waals surface area contributed by atoms with Crippen LogP contribution in [0.4, 0.5) is 13.2 Å². The Kier molecular flexibility index (Phi) is 3.22. The summed E-state index contributed by atoms with van der Waals surface area (Å²) in [5.74, 6) is 0.192. The molecule has 0 spiro atoms. The van der Waals surface area contributed by atoms with Gasteiger partial charge in [-0.05, 0) is 18.1 Å². The maximum absolute atomic E-state index is 12.5. The molecule has 1 saturated carbocycles. The molecule has 0 amide bonds. The number of halogens is 3. The van der Waals surface area contributed by atoms with Gasteiger partial charge in [0.15, 0.2) is 5.78 Å². The standard InChI is InChI=1S/C13H13F3O/c14-13(15,16)11-6-2-5-10(8-11)12(17)7-9-3-1-4-9/h2,5-6,8-9H,1,3-4,7H2. The number of Topliss-reactive ketones (excluding diaryl/α,β-unsaturated/α-hetero) is 1. The molecule has 0 aliphatic heterocycles. The van der Waals surface area contributed by atoms with Crippen molar-refractivity contribution in [1.82, 2.24) is 0 Å². The first-order valence-electron chi connectivity index (χ1n) is 5.67. The van der Waals surface area contributed by atoms with Gasteiger partial charge in [-0.3, -0.25) is 4.79 Å². The minimum Gasteiger partial charge on any atom is -0.294 e. The Bertz CT molecular complexity index is 419. The summed E-state index contributed by atoms with van der Waals surface area (Å²) in [5, 5.41) is 0. The molecule has 1 nitrogen and oxygen atoms in total. The number of alkyl halides is 3. The summed E-state index contributed by atoms with van der Waals surface area (Å²) in [6.07, 6.45) is -0.843. The third-order valence-electron chi connectivity index (χ3n) is 3.21. The second-order valence-electron chi connectivity index (χ2n) is 4.50. The van der Waals surface area contributed by atoms with E-state index in [0.717, 1.165) is 31.4 Å². The van der Waals surface area contributed by atoms with Crippen LogP contribution < -0.4 is 0 Å². The predicted octanol–water partition coefficient (Wildman–Crippen LogP) is 4.08. The van der Waals surface area contributed by atoms with Gasteiger partial charge in [0.05, 0.1) is 5.56 Å². The maximum atomic E-state index is 12.5. The molecule has 1 fully saturated rings. The minimum absolute atomic E-state index is 0.173. The van der Waals surface area contributed by atoms with Crippen molar-refractivity contribution in [2.45, 2.75) is 31.9 Å². The SMILES string of the molecule is O=C(CC1CCC1)c1cccc(C(F)(F)F)c1. The monoisotopic (exact) mass is 242 g/mol. The highest BCUT2D eigenvalue weighted by Crippen LogP contribution is 2.32. The quantitative estimate of drug-likeness (QED) is 0.730. The van der Waals surface area contributed by atoms with E-state index in [1.807, 2.05) is 0 Å². The molecule has 1 aliphatic carbocycles. The molecule has 1 aromatic carbocycles. The van der Waals surface area contributed by atoms with Gasteiger partial charge in [-0.2, -0.15) is 13.2 Å². The predicted molar refractivity (Wildman–Crippen MR) is 57.7 cm³/mol. The number of rotatable bonds is 3. The summed E-state index contributed by atoms with van der Waals surface area (Å²) in [7, 11) is 0. The molecule has 17 heavy (non-hydrogen) atoms. The van der Waals surface area contributed by atoms with E-state index in [1.54, 1.807) is 0 Å². The Morgan fingerprint density at radius 2 is 2.00 bits per heavy atom. The van der Waals surface area contributed by atoms with Crippen molar-refractivity contribution in [2.24, 2.45) is 5.92 Å². The second kappa shape index (κ2) is 4.51. The van der Waals surface area contributed by atoms with Crippen LogP contribution >= 0.6 is 0 Å². The van der Waals surface area contributed by atoms with E-state index in [9.17, 15) is 18.0 Å². The fraction of sp³-hybridized carbons (Fsp3) is 0.462. The van der Waals surface area contributed by atoms with Crippen molar-refractivity contribution in [1.29, 1.82) is 0 Å². The van der Waals surface area contributed by atoms with Crippen molar-refractivity contribution >= 4 is 5.78 Å². The summed E-state index contributed by atoms with van der Waals surface area (Å²) >= 11 is 0. The molecular weight excluding hydrogens is 229 g/mol. The van der Waals surface area contributed by atoms with Gasteiger partial charge >= 0.3 is 6.18 Å². The zero-order chi connectivity index (χ0) is 12.5. The van der Waals surface area contributed by atoms with Crippen LogP contribution in [0.15, 0.2) is 24.3 Å². The smallest absolute Gasteiger partial charge is 0.294 e. The molecule has 0 heterocycles. The summed E-state index contributed by atoms with van der Waals surface area (Å²) in [6.45, 7) is 0. The summed E-state index contributed by atoms with van der Waals surface area (Å²) in [5.41, 5.74) is -0.580. The first kappa shape index (κ1) is 12.1. The number of carbonyl (C=O) groups is 1. The van der Waals surface area contributed by atoms with E-state index in [4.69, 9.17) is 0 Å². The van der Waals surface area contributed by atoms with Crippen molar-refractivity contribution in [2.75, 3.05) is 0 Å². The van der Waals surface area contributed by atoms with E-state index < -0.39 is 11.7 Å². The first-order chi connectivity index (χ1) is 7.97. The van der Waals surface area contributed by atoms with Gasteiger partial charge in [0.2, 0.25) is 0 Å². The van der Waals surface area contributed by atoms with Gasteiger partial charge in [-0.15, -0.1) is 0 Å². The van der Waals surface area contributed by atoms with Crippen LogP contribution in [-0.2, 0) is 6.18 Å². The number of hydrogen-bond acceptors (Lipinski definition) is 1. The minimum atomic E-state index is -4.38. The summed E-state index contributed by atoms with van der Waals surface area (Å²) in [6, 6.07) is 4.67. The van der Waals surface area contributed by atoms with Gasteiger partial charge in [0.25, 0.3) is 0 Å². The maximum Gasteiger partial charge on any atom is 0.416 e. The van der Waals surface area contributed by atoms with E-state index in [1.165, 1.54) is 12.1 Å². The molecule has 0 unspecified atom stereocenters. The topological polar surface area (TPSA) is 17.1 Å². The zero-order valence-electron chi connectivity index (χ0n) is 9.26. The fourth-order valence-corrected chi connectivity index (χ4v) is 1.95. The zero-order valence-corrected chi connectivity index (χ0v) is 9.26. The lowest BCUT2D eigenvalue weighted by Gasteiger charge is -2.24. The molecular formula is C13H13F3O. The lowest BCUT2D eigenvalue weighted by atomic mass is 9.81. The van der Waals surface area contributed by atoms with E-state index in [-0.39, 0.29) is 11.3 Å². The van der Waals surface area contributed by atoms with Crippen molar-refractivity contribution in [3.63, 3.8) is 0 Å². The van der Waals surface area contributed by atoms with Crippen molar-refractivity contribution < 1.29 is 18.0 Å². The lowest BCUT2D eigenvalue weighted by Crippen LogP contribution is -2.16. The molecule has 0 radical (unpaired) electrons. The Morgan fingerprint density at radius 3 is 2.53 bits per heavy atom. The largest absolute Gasteiger partial charge is 0.416 e. The van der Waals surface area contributed by atoms with Gasteiger partial charge in [-0.25, -0.2) is 0 Å². The second-order valence-corrected chi connectivity index (χ2v) is 4.50. The number of benzene rings is 1. The number of ketones is 1. The lowest BCUT2D eigenvalue weighted by molar-refractivity contribution is -0.137. The number of carbonyl (C=O) groups excluding carboxylic acids is 1. The van der Waals surface area contributed by atoms with Crippen molar-refractivity contribution in [3.8, 4) is 0 Å². The van der Waals surface area contributed by atoms with Crippen LogP contribution in [-0.4, -0.2) is 5.78 Å². The van der Waals surface area contributed by atoms with Crippen molar-refractivity contribution in [3.05, 3.63) is 35.4 Å². The van der Waals surface area contributed by atoms with Crippen LogP contribution in [0.2, 0.25) is 0 Å². The average Bonchev–Trinajstić information content (AvgIpc) is 2.22. The third kappa shape index (κ3) is 2.87. The van der Waals surface area contributed by atoms with Crippen LogP contribution in [0.25, 0.3) is 0 Å². The molecule has 0 N–H and O–H groups in total. The Hall–Kier alpha value is -1.32. The highest BCUT2D eigenvalue weighted by molar-refractivity contribution is 5.96. The Morgan fingerprint density at radius 1 is 1.29 bits per heavy atom. The van der Waals surface area contributed by atoms with Gasteiger partial charge in [0, 0.05) is 12.0 Å². The van der Waals surface area contributed by atoms with E-state index >= 15 is 0 Å². The Balaban J connectivity index is 2.12. The molecule has 0 aromatic heterocycles. The van der Waals surface area contributed by atoms with Gasteiger partial charge in [-0.1, -0.05) is 31.4 Å². The fourth-order valence-electron chi connectivity index (χ4n) is 1.95. The van der Waals surface area contributed by atoms with Gasteiger partial charge in [0.1, 0.15) is 0 Å². The molecule has 2 rings (SSSR count). The van der Waals surface area contributed by atoms with Crippen LogP contribution in [0.3, 0.4) is 0 Å². The van der Waals surface area contributed by atoms with Crippen LogP contribution in [0.1, 0.15) is 41.6 Å². The van der Waals surface area contributed by atoms with E-state index in [2.05, 4.69) is 0 Å². The Labute approximate surface area is 97.6 Å². The molecule has 1 aromatic rings. The summed E-state index contributed by atoms with van der Waals surface area (Å²) < 4.78 is 37.4. The normalized spacial score (nSPS) is 16.6. The molecule has 0 atom stereocenters. The molecule has 4 heteroatoms. The molecule has 0 bridgehead atoms. The number of hydrogen-bond donors (Lipinski definition) is 0. The molecule has 1 aliphatic rings. The first-order valence-corrected chi connectivity index (χ1v) is 5.67. The summed E-state index contributed by atoms with van der Waals surface area (Å²) in [4.78, 5) is 11.8. The third-order valence-corrected chi connectivity index (χ3v) is 3.21. The molecule has 0 saturated heterocycles. The van der Waals surface area contributed by atoms with Gasteiger partial charge < -0.3 is 0 Å². The van der Waals surface area contributed by atoms with Crippen LogP contribution in [0.5, 0.6) is 0 Å². The highest BCUT2D eigenvalue weighted by atomic mass is 19.4. The van der Waals surface area contributed by atoms with E-state index in [0.29, 0.717) is 12.3 Å². The average molecular weight is 242 g/mol. The highest BCUT2D eigenvalue weighted by Gasteiger charge is 2.31. The molecule has 92 valence electrons. The van der Waals surface area contributed by atoms with Crippen LogP contribution in [0, 0.1) is 5.92 Å².